The fourth-order valence-electron chi connectivity index (χ4n) is 2.37. The first-order valence-corrected chi connectivity index (χ1v) is 9.43. The zero-order chi connectivity index (χ0) is 18.8. The van der Waals surface area contributed by atoms with Gasteiger partial charge in [0.25, 0.3) is 0 Å². The van der Waals surface area contributed by atoms with Crippen LogP contribution >= 0.6 is 23.2 Å². The Labute approximate surface area is 155 Å². The quantitative estimate of drug-likeness (QED) is 0.789. The molecule has 0 aliphatic rings. The predicted molar refractivity (Wildman–Crippen MR) is 94.4 cm³/mol. The fourth-order valence-corrected chi connectivity index (χ4v) is 4.55. The van der Waals surface area contributed by atoms with Gasteiger partial charge in [0, 0.05) is 12.1 Å². The summed E-state index contributed by atoms with van der Waals surface area (Å²) in [5.41, 5.74) is -0.222. The first-order chi connectivity index (χ1) is 11.6. The summed E-state index contributed by atoms with van der Waals surface area (Å²) < 4.78 is 55.4. The summed E-state index contributed by atoms with van der Waals surface area (Å²) in [4.78, 5) is 1.24. The van der Waals surface area contributed by atoms with Crippen LogP contribution in [0, 0.1) is 11.6 Å². The molecule has 0 radical (unpaired) electrons. The van der Waals surface area contributed by atoms with Crippen molar-refractivity contribution in [2.75, 3.05) is 20.6 Å². The van der Waals surface area contributed by atoms with E-state index in [1.807, 2.05) is 0 Å². The van der Waals surface area contributed by atoms with Gasteiger partial charge in [-0.1, -0.05) is 35.3 Å². The summed E-state index contributed by atoms with van der Waals surface area (Å²) in [7, 11) is -0.888. The van der Waals surface area contributed by atoms with Crippen molar-refractivity contribution in [2.24, 2.45) is 0 Å². The molecule has 2 aromatic rings. The number of rotatable bonds is 6. The van der Waals surface area contributed by atoms with E-state index in [0.717, 1.165) is 12.1 Å². The standard InChI is InChI=1S/C16H16Cl2F2N2O2S/c1-22(2)14(15-12(19)7-4-8-13(15)20)9-21-25(23,24)16-10(17)5-3-6-11(16)18/h3-8,14,21H,9H2,1-2H3. The highest BCUT2D eigenvalue weighted by Crippen LogP contribution is 2.30. The SMILES string of the molecule is CN(C)C(CNS(=O)(=O)c1c(Cl)cccc1Cl)c1c(F)cccc1F. The van der Waals surface area contributed by atoms with E-state index in [4.69, 9.17) is 23.2 Å². The molecule has 9 heteroatoms. The van der Waals surface area contributed by atoms with Crippen molar-refractivity contribution < 1.29 is 17.2 Å². The number of benzene rings is 2. The summed E-state index contributed by atoms with van der Waals surface area (Å²) in [6.45, 7) is -0.269. The zero-order valence-corrected chi connectivity index (χ0v) is 15.8. The molecule has 0 amide bonds. The zero-order valence-electron chi connectivity index (χ0n) is 13.4. The van der Waals surface area contributed by atoms with E-state index >= 15 is 0 Å². The van der Waals surface area contributed by atoms with E-state index in [-0.39, 0.29) is 27.0 Å². The van der Waals surface area contributed by atoms with Crippen LogP contribution in [-0.2, 0) is 10.0 Å². The Balaban J connectivity index is 2.34. The molecule has 0 saturated heterocycles. The van der Waals surface area contributed by atoms with Crippen molar-refractivity contribution in [1.29, 1.82) is 0 Å². The van der Waals surface area contributed by atoms with Gasteiger partial charge in [-0.25, -0.2) is 21.9 Å². The van der Waals surface area contributed by atoms with Crippen molar-refractivity contribution in [3.8, 4) is 0 Å². The van der Waals surface area contributed by atoms with E-state index in [1.165, 1.54) is 29.2 Å². The molecular weight excluding hydrogens is 393 g/mol. The smallest absolute Gasteiger partial charge is 0.243 e. The maximum Gasteiger partial charge on any atom is 0.243 e. The van der Waals surface area contributed by atoms with Crippen LogP contribution in [0.5, 0.6) is 0 Å². The number of likely N-dealkylation sites (N-methyl/N-ethyl adjacent to an activating group) is 1. The van der Waals surface area contributed by atoms with Gasteiger partial charge in [-0.05, 0) is 38.4 Å². The molecule has 0 aliphatic heterocycles. The van der Waals surface area contributed by atoms with Gasteiger partial charge in [0.05, 0.1) is 16.1 Å². The summed E-state index contributed by atoms with van der Waals surface area (Å²) in [5, 5.41) is -0.0862. The molecule has 1 atom stereocenters. The number of nitrogens with one attached hydrogen (secondary N) is 1. The molecule has 2 aromatic carbocycles. The third-order valence-corrected chi connectivity index (χ3v) is 5.99. The average Bonchev–Trinajstić information content (AvgIpc) is 2.49. The Bertz CT molecular complexity index is 836. The van der Waals surface area contributed by atoms with Crippen LogP contribution in [0.4, 0.5) is 8.78 Å². The third kappa shape index (κ3) is 4.48. The second kappa shape index (κ2) is 7.97. The topological polar surface area (TPSA) is 49.4 Å². The third-order valence-electron chi connectivity index (χ3n) is 3.61. The molecule has 0 aliphatic carbocycles. The lowest BCUT2D eigenvalue weighted by molar-refractivity contribution is 0.283. The van der Waals surface area contributed by atoms with E-state index < -0.39 is 27.7 Å². The van der Waals surface area contributed by atoms with Crippen LogP contribution in [0.3, 0.4) is 0 Å². The number of halogens is 4. The van der Waals surface area contributed by atoms with Crippen molar-refractivity contribution in [3.63, 3.8) is 0 Å². The summed E-state index contributed by atoms with van der Waals surface area (Å²) in [5.74, 6) is -1.51. The van der Waals surface area contributed by atoms with Crippen LogP contribution in [0.15, 0.2) is 41.3 Å². The minimum absolute atomic E-state index is 0.0431. The molecule has 136 valence electrons. The molecule has 0 aromatic heterocycles. The molecule has 1 unspecified atom stereocenters. The number of nitrogens with zero attached hydrogens (tertiary/aromatic N) is 1. The van der Waals surface area contributed by atoms with Crippen molar-refractivity contribution >= 4 is 33.2 Å². The Kier molecular flexibility index (Phi) is 6.40. The second-order valence-electron chi connectivity index (χ2n) is 5.52. The average molecular weight is 409 g/mol. The molecule has 0 fully saturated rings. The van der Waals surface area contributed by atoms with E-state index in [0.29, 0.717) is 0 Å². The lowest BCUT2D eigenvalue weighted by Gasteiger charge is -2.26. The van der Waals surface area contributed by atoms with Gasteiger partial charge >= 0.3 is 0 Å². The molecule has 0 heterocycles. The van der Waals surface area contributed by atoms with E-state index in [1.54, 1.807) is 14.1 Å². The van der Waals surface area contributed by atoms with Crippen LogP contribution in [-0.4, -0.2) is 34.0 Å². The maximum absolute atomic E-state index is 14.0. The maximum atomic E-state index is 14.0. The van der Waals surface area contributed by atoms with E-state index in [2.05, 4.69) is 4.72 Å². The number of sulfonamides is 1. The molecule has 4 nitrogen and oxygen atoms in total. The minimum atomic E-state index is -4.07. The highest BCUT2D eigenvalue weighted by Gasteiger charge is 2.27. The molecule has 2 rings (SSSR count). The Morgan fingerprint density at radius 1 is 1.04 bits per heavy atom. The summed E-state index contributed by atoms with van der Waals surface area (Å²) >= 11 is 11.9. The molecule has 1 N–H and O–H groups in total. The molecular formula is C16H16Cl2F2N2O2S. The van der Waals surface area contributed by atoms with Gasteiger partial charge in [-0.15, -0.1) is 0 Å². The van der Waals surface area contributed by atoms with Gasteiger partial charge in [-0.2, -0.15) is 0 Å². The summed E-state index contributed by atoms with van der Waals surface area (Å²) in [6, 6.07) is 6.92. The van der Waals surface area contributed by atoms with Crippen molar-refractivity contribution in [1.82, 2.24) is 9.62 Å². The van der Waals surface area contributed by atoms with Gasteiger partial charge in [0.15, 0.2) is 0 Å². The Morgan fingerprint density at radius 2 is 1.52 bits per heavy atom. The van der Waals surface area contributed by atoms with Crippen LogP contribution in [0.2, 0.25) is 10.0 Å². The number of hydrogen-bond acceptors (Lipinski definition) is 3. The first-order valence-electron chi connectivity index (χ1n) is 7.19. The van der Waals surface area contributed by atoms with Gasteiger partial charge in [-0.3, -0.25) is 0 Å². The lowest BCUT2D eigenvalue weighted by atomic mass is 10.0. The molecule has 25 heavy (non-hydrogen) atoms. The van der Waals surface area contributed by atoms with Crippen molar-refractivity contribution in [3.05, 3.63) is 63.6 Å². The van der Waals surface area contributed by atoms with Gasteiger partial charge in [0.2, 0.25) is 10.0 Å². The monoisotopic (exact) mass is 408 g/mol. The second-order valence-corrected chi connectivity index (χ2v) is 8.04. The van der Waals surface area contributed by atoms with Gasteiger partial charge < -0.3 is 4.90 Å². The van der Waals surface area contributed by atoms with E-state index in [9.17, 15) is 17.2 Å². The Hall–Kier alpha value is -1.25. The normalized spacial score (nSPS) is 13.2. The highest BCUT2D eigenvalue weighted by atomic mass is 35.5. The highest BCUT2D eigenvalue weighted by molar-refractivity contribution is 7.89. The Morgan fingerprint density at radius 3 is 2.00 bits per heavy atom. The predicted octanol–water partition coefficient (Wildman–Crippen LogP) is 3.85. The minimum Gasteiger partial charge on any atom is -0.301 e. The summed E-state index contributed by atoms with van der Waals surface area (Å²) in [6.07, 6.45) is 0. The first kappa shape index (κ1) is 20.1. The molecule has 0 spiro atoms. The molecule has 0 saturated carbocycles. The molecule has 0 bridgehead atoms. The largest absolute Gasteiger partial charge is 0.301 e. The van der Waals surface area contributed by atoms with Gasteiger partial charge in [0.1, 0.15) is 16.5 Å². The lowest BCUT2D eigenvalue weighted by Crippen LogP contribution is -2.35. The van der Waals surface area contributed by atoms with Crippen LogP contribution < -0.4 is 4.72 Å². The number of hydrogen-bond donors (Lipinski definition) is 1. The van der Waals surface area contributed by atoms with Crippen LogP contribution in [0.25, 0.3) is 0 Å². The van der Waals surface area contributed by atoms with Crippen LogP contribution in [0.1, 0.15) is 11.6 Å². The fraction of sp³-hybridized carbons (Fsp3) is 0.250. The van der Waals surface area contributed by atoms with Crippen molar-refractivity contribution in [2.45, 2.75) is 10.9 Å².